The van der Waals surface area contributed by atoms with Crippen molar-refractivity contribution in [2.75, 3.05) is 11.9 Å². The van der Waals surface area contributed by atoms with Crippen LogP contribution in [0.5, 0.6) is 5.75 Å². The van der Waals surface area contributed by atoms with Crippen LogP contribution in [0.1, 0.15) is 12.5 Å². The van der Waals surface area contributed by atoms with Crippen molar-refractivity contribution in [1.29, 1.82) is 0 Å². The number of rotatable bonds is 7. The van der Waals surface area contributed by atoms with E-state index in [0.717, 1.165) is 22.2 Å². The van der Waals surface area contributed by atoms with Crippen LogP contribution in [0.4, 0.5) is 5.69 Å². The average Bonchev–Trinajstić information content (AvgIpc) is 3.07. The van der Waals surface area contributed by atoms with Crippen molar-refractivity contribution in [3.05, 3.63) is 60.4 Å². The predicted octanol–water partition coefficient (Wildman–Crippen LogP) is 3.55. The van der Waals surface area contributed by atoms with Crippen molar-refractivity contribution >= 4 is 23.4 Å². The van der Waals surface area contributed by atoms with E-state index >= 15 is 0 Å². The molecule has 0 unspecified atom stereocenters. The first-order valence-corrected chi connectivity index (χ1v) is 9.09. The molecule has 2 aromatic carbocycles. The number of benzene rings is 2. The number of nitrogens with zero attached hydrogens (tertiary/aromatic N) is 3. The van der Waals surface area contributed by atoms with Crippen LogP contribution in [0.3, 0.4) is 0 Å². The largest absolute Gasteiger partial charge is 0.484 e. The molecule has 0 saturated carbocycles. The highest BCUT2D eigenvalue weighted by Gasteiger charge is 2.06. The third-order valence-corrected chi connectivity index (χ3v) is 4.78. The normalized spacial score (nSPS) is 10.5. The Morgan fingerprint density at radius 1 is 1.15 bits per heavy atom. The highest BCUT2D eigenvalue weighted by Crippen LogP contribution is 2.26. The second-order valence-corrected chi connectivity index (χ2v) is 6.73. The Bertz CT molecular complexity index is 860. The van der Waals surface area contributed by atoms with Gasteiger partial charge in [0.1, 0.15) is 12.1 Å². The van der Waals surface area contributed by atoms with Gasteiger partial charge in [0.2, 0.25) is 0 Å². The van der Waals surface area contributed by atoms with Gasteiger partial charge in [-0.15, -0.1) is 10.2 Å². The van der Waals surface area contributed by atoms with E-state index in [1.54, 1.807) is 6.33 Å². The Kier molecular flexibility index (Phi) is 5.91. The zero-order valence-corrected chi connectivity index (χ0v) is 15.5. The number of amides is 1. The molecule has 1 heterocycles. The van der Waals surface area contributed by atoms with Crippen molar-refractivity contribution in [2.24, 2.45) is 7.05 Å². The summed E-state index contributed by atoms with van der Waals surface area (Å²) in [7, 11) is 1.90. The maximum atomic E-state index is 12.0. The number of aryl methyl sites for hydroxylation is 2. The molecular formula is C19H20N4O2S. The molecule has 0 aliphatic carbocycles. The molecule has 0 radical (unpaired) electrons. The molecule has 0 aliphatic heterocycles. The number of nitrogens with one attached hydrogen (secondary N) is 1. The smallest absolute Gasteiger partial charge is 0.262 e. The molecule has 0 saturated heterocycles. The predicted molar refractivity (Wildman–Crippen MR) is 102 cm³/mol. The van der Waals surface area contributed by atoms with Gasteiger partial charge in [0.05, 0.1) is 0 Å². The molecule has 0 aliphatic rings. The Morgan fingerprint density at radius 3 is 2.50 bits per heavy atom. The number of aromatic nitrogens is 3. The summed E-state index contributed by atoms with van der Waals surface area (Å²) in [5.41, 5.74) is 1.96. The first-order valence-electron chi connectivity index (χ1n) is 8.27. The number of carbonyl (C=O) groups excluding carboxylic acids is 1. The van der Waals surface area contributed by atoms with Crippen molar-refractivity contribution in [3.63, 3.8) is 0 Å². The molecule has 0 bridgehead atoms. The van der Waals surface area contributed by atoms with Gasteiger partial charge in [0, 0.05) is 17.6 Å². The fraction of sp³-hybridized carbons (Fsp3) is 0.211. The lowest BCUT2D eigenvalue weighted by Crippen LogP contribution is -2.20. The van der Waals surface area contributed by atoms with Crippen LogP contribution in [0, 0.1) is 0 Å². The molecule has 26 heavy (non-hydrogen) atoms. The van der Waals surface area contributed by atoms with Crippen LogP contribution < -0.4 is 10.1 Å². The lowest BCUT2D eigenvalue weighted by Gasteiger charge is -2.08. The maximum absolute atomic E-state index is 12.0. The van der Waals surface area contributed by atoms with E-state index in [2.05, 4.69) is 22.4 Å². The van der Waals surface area contributed by atoms with Gasteiger partial charge in [-0.05, 0) is 60.1 Å². The Balaban J connectivity index is 1.50. The molecule has 134 valence electrons. The van der Waals surface area contributed by atoms with Gasteiger partial charge in [0.25, 0.3) is 5.91 Å². The molecule has 1 aromatic heterocycles. The van der Waals surface area contributed by atoms with Crippen LogP contribution in [0.2, 0.25) is 0 Å². The Hall–Kier alpha value is -2.80. The van der Waals surface area contributed by atoms with E-state index in [-0.39, 0.29) is 12.5 Å². The second-order valence-electron chi connectivity index (χ2n) is 5.69. The van der Waals surface area contributed by atoms with E-state index < -0.39 is 0 Å². The molecule has 0 spiro atoms. The summed E-state index contributed by atoms with van der Waals surface area (Å²) in [4.78, 5) is 13.1. The van der Waals surface area contributed by atoms with Gasteiger partial charge < -0.3 is 14.6 Å². The fourth-order valence-corrected chi connectivity index (χ4v) is 3.01. The van der Waals surface area contributed by atoms with E-state index in [9.17, 15) is 4.79 Å². The second kappa shape index (κ2) is 8.53. The van der Waals surface area contributed by atoms with E-state index in [1.807, 2.05) is 60.1 Å². The summed E-state index contributed by atoms with van der Waals surface area (Å²) in [6, 6.07) is 15.3. The topological polar surface area (TPSA) is 69.0 Å². The minimum atomic E-state index is -0.196. The zero-order chi connectivity index (χ0) is 18.4. The average molecular weight is 368 g/mol. The number of ether oxygens (including phenoxy) is 1. The van der Waals surface area contributed by atoms with Crippen LogP contribution in [-0.2, 0) is 18.3 Å². The van der Waals surface area contributed by atoms with Crippen LogP contribution in [0.25, 0.3) is 0 Å². The lowest BCUT2D eigenvalue weighted by molar-refractivity contribution is -0.118. The van der Waals surface area contributed by atoms with Gasteiger partial charge in [-0.1, -0.05) is 19.1 Å². The molecule has 0 fully saturated rings. The van der Waals surface area contributed by atoms with E-state index in [1.165, 1.54) is 17.3 Å². The quantitative estimate of drug-likeness (QED) is 0.691. The first kappa shape index (κ1) is 18.0. The van der Waals surface area contributed by atoms with E-state index in [4.69, 9.17) is 4.74 Å². The van der Waals surface area contributed by atoms with Crippen molar-refractivity contribution in [3.8, 4) is 5.75 Å². The minimum absolute atomic E-state index is 0.0269. The van der Waals surface area contributed by atoms with Crippen molar-refractivity contribution in [1.82, 2.24) is 14.8 Å². The number of hydrogen-bond donors (Lipinski definition) is 1. The molecular weight excluding hydrogens is 348 g/mol. The van der Waals surface area contributed by atoms with Gasteiger partial charge in [0.15, 0.2) is 11.8 Å². The Labute approximate surface area is 156 Å². The molecule has 1 N–H and O–H groups in total. The van der Waals surface area contributed by atoms with Gasteiger partial charge >= 0.3 is 0 Å². The van der Waals surface area contributed by atoms with Crippen molar-refractivity contribution in [2.45, 2.75) is 23.4 Å². The molecule has 3 rings (SSSR count). The van der Waals surface area contributed by atoms with Gasteiger partial charge in [-0.25, -0.2) is 0 Å². The molecule has 3 aromatic rings. The highest BCUT2D eigenvalue weighted by atomic mass is 32.2. The Morgan fingerprint density at radius 2 is 1.88 bits per heavy atom. The summed E-state index contributed by atoms with van der Waals surface area (Å²) < 4.78 is 7.36. The number of anilines is 1. The monoisotopic (exact) mass is 368 g/mol. The standard InChI is InChI=1S/C19H20N4O2S/c1-3-14-4-8-16(9-5-14)25-12-18(24)21-15-6-10-17(11-7-15)26-19-22-20-13-23(19)2/h4-11,13H,3,12H2,1-2H3,(H,21,24). The number of carbonyl (C=O) groups is 1. The molecule has 7 heteroatoms. The zero-order valence-electron chi connectivity index (χ0n) is 14.7. The summed E-state index contributed by atoms with van der Waals surface area (Å²) in [6.45, 7) is 2.07. The van der Waals surface area contributed by atoms with E-state index in [0.29, 0.717) is 5.75 Å². The molecule has 1 amide bonds. The summed E-state index contributed by atoms with van der Waals surface area (Å²) in [6.07, 6.45) is 2.64. The minimum Gasteiger partial charge on any atom is -0.484 e. The van der Waals surface area contributed by atoms with Gasteiger partial charge in [-0.2, -0.15) is 0 Å². The van der Waals surface area contributed by atoms with Crippen LogP contribution >= 0.6 is 11.8 Å². The summed E-state index contributed by atoms with van der Waals surface area (Å²) in [5, 5.41) is 11.5. The summed E-state index contributed by atoms with van der Waals surface area (Å²) in [5.74, 6) is 0.492. The third-order valence-electron chi connectivity index (χ3n) is 3.72. The molecule has 0 atom stereocenters. The first-order chi connectivity index (χ1) is 12.6. The SMILES string of the molecule is CCc1ccc(OCC(=O)Nc2ccc(Sc3nncn3C)cc2)cc1. The fourth-order valence-electron chi connectivity index (χ4n) is 2.24. The third kappa shape index (κ3) is 4.86. The molecule has 6 nitrogen and oxygen atoms in total. The highest BCUT2D eigenvalue weighted by molar-refractivity contribution is 7.99. The van der Waals surface area contributed by atoms with Crippen LogP contribution in [0.15, 0.2) is 64.9 Å². The number of hydrogen-bond acceptors (Lipinski definition) is 5. The summed E-state index contributed by atoms with van der Waals surface area (Å²) >= 11 is 1.51. The van der Waals surface area contributed by atoms with Gasteiger partial charge in [-0.3, -0.25) is 4.79 Å². The maximum Gasteiger partial charge on any atom is 0.262 e. The lowest BCUT2D eigenvalue weighted by atomic mass is 10.2. The van der Waals surface area contributed by atoms with Crippen LogP contribution in [-0.4, -0.2) is 27.3 Å². The van der Waals surface area contributed by atoms with Crippen molar-refractivity contribution < 1.29 is 9.53 Å².